The van der Waals surface area contributed by atoms with Crippen LogP contribution in [-0.2, 0) is 4.79 Å². The van der Waals surface area contributed by atoms with Gasteiger partial charge in [-0.05, 0) is 19.8 Å². The Labute approximate surface area is 121 Å². The molecule has 0 aromatic rings. The molecule has 0 N–H and O–H groups in total. The van der Waals surface area contributed by atoms with Crippen molar-refractivity contribution < 1.29 is 4.79 Å². The molecule has 2 aliphatic heterocycles. The molecule has 0 radical (unpaired) electrons. The quantitative estimate of drug-likeness (QED) is 0.781. The maximum Gasteiger partial charge on any atom is 0.239 e. The SMILES string of the molecule is C=C(Cl)CN1CCN(C(C)C(=O)N2CCCC2)CC1. The average molecular weight is 286 g/mol. The summed E-state index contributed by atoms with van der Waals surface area (Å²) in [4.78, 5) is 18.9. The molecule has 5 heteroatoms. The monoisotopic (exact) mass is 285 g/mol. The number of halogens is 1. The molecule has 0 saturated carbocycles. The van der Waals surface area contributed by atoms with Crippen molar-refractivity contribution in [2.75, 3.05) is 45.8 Å². The summed E-state index contributed by atoms with van der Waals surface area (Å²) in [5, 5.41) is 0.689. The van der Waals surface area contributed by atoms with Gasteiger partial charge < -0.3 is 4.90 Å². The van der Waals surface area contributed by atoms with Crippen LogP contribution in [0.1, 0.15) is 19.8 Å². The van der Waals surface area contributed by atoms with Gasteiger partial charge in [-0.15, -0.1) is 0 Å². The minimum atomic E-state index is 0.0134. The lowest BCUT2D eigenvalue weighted by atomic mass is 10.2. The van der Waals surface area contributed by atoms with Gasteiger partial charge in [-0.3, -0.25) is 14.6 Å². The zero-order chi connectivity index (χ0) is 13.8. The fourth-order valence-corrected chi connectivity index (χ4v) is 3.08. The van der Waals surface area contributed by atoms with Gasteiger partial charge in [-0.2, -0.15) is 0 Å². The third kappa shape index (κ3) is 3.94. The van der Waals surface area contributed by atoms with Crippen LogP contribution >= 0.6 is 11.6 Å². The van der Waals surface area contributed by atoms with Crippen molar-refractivity contribution in [3.63, 3.8) is 0 Å². The number of hydrogen-bond donors (Lipinski definition) is 0. The summed E-state index contributed by atoms with van der Waals surface area (Å²) in [6, 6.07) is 0.0134. The van der Waals surface area contributed by atoms with Crippen molar-refractivity contribution in [1.82, 2.24) is 14.7 Å². The minimum absolute atomic E-state index is 0.0134. The summed E-state index contributed by atoms with van der Waals surface area (Å²) in [6.45, 7) is 12.2. The lowest BCUT2D eigenvalue weighted by Gasteiger charge is -2.38. The highest BCUT2D eigenvalue weighted by Gasteiger charge is 2.29. The highest BCUT2D eigenvalue weighted by molar-refractivity contribution is 6.29. The molecule has 2 rings (SSSR count). The number of rotatable bonds is 4. The molecule has 2 aliphatic rings. The largest absolute Gasteiger partial charge is 0.341 e. The summed E-state index contributed by atoms with van der Waals surface area (Å²) in [6.07, 6.45) is 2.31. The highest BCUT2D eigenvalue weighted by Crippen LogP contribution is 2.14. The van der Waals surface area contributed by atoms with Crippen LogP contribution in [0.15, 0.2) is 11.6 Å². The van der Waals surface area contributed by atoms with Gasteiger partial charge in [-0.1, -0.05) is 18.2 Å². The number of nitrogens with zero attached hydrogens (tertiary/aromatic N) is 3. The second-order valence-electron chi connectivity index (χ2n) is 5.54. The maximum atomic E-state index is 12.3. The van der Waals surface area contributed by atoms with Gasteiger partial charge in [0.05, 0.1) is 6.04 Å². The molecular weight excluding hydrogens is 262 g/mol. The van der Waals surface area contributed by atoms with E-state index in [-0.39, 0.29) is 6.04 Å². The van der Waals surface area contributed by atoms with Crippen LogP contribution in [0.5, 0.6) is 0 Å². The Kier molecular flexibility index (Phi) is 5.25. The molecule has 1 atom stereocenters. The first-order valence-electron chi connectivity index (χ1n) is 7.16. The van der Waals surface area contributed by atoms with E-state index in [1.807, 2.05) is 11.8 Å². The molecule has 2 heterocycles. The van der Waals surface area contributed by atoms with E-state index in [1.165, 1.54) is 0 Å². The molecule has 2 saturated heterocycles. The van der Waals surface area contributed by atoms with Crippen molar-refractivity contribution in [3.05, 3.63) is 11.6 Å². The Bertz CT molecular complexity index is 334. The van der Waals surface area contributed by atoms with E-state index in [0.29, 0.717) is 10.9 Å². The van der Waals surface area contributed by atoms with Gasteiger partial charge in [0, 0.05) is 50.8 Å². The Morgan fingerprint density at radius 2 is 1.74 bits per heavy atom. The predicted molar refractivity (Wildman–Crippen MR) is 78.3 cm³/mol. The van der Waals surface area contributed by atoms with E-state index in [2.05, 4.69) is 16.4 Å². The third-order valence-electron chi connectivity index (χ3n) is 4.12. The zero-order valence-electron chi connectivity index (χ0n) is 11.8. The van der Waals surface area contributed by atoms with Crippen molar-refractivity contribution >= 4 is 17.5 Å². The summed E-state index contributed by atoms with van der Waals surface area (Å²) in [5.41, 5.74) is 0. The Morgan fingerprint density at radius 1 is 1.16 bits per heavy atom. The lowest BCUT2D eigenvalue weighted by Crippen LogP contribution is -2.54. The van der Waals surface area contributed by atoms with E-state index < -0.39 is 0 Å². The van der Waals surface area contributed by atoms with Crippen LogP contribution in [0, 0.1) is 0 Å². The topological polar surface area (TPSA) is 26.8 Å². The predicted octanol–water partition coefficient (Wildman–Crippen LogP) is 1.37. The third-order valence-corrected chi connectivity index (χ3v) is 4.24. The molecule has 0 aromatic heterocycles. The van der Waals surface area contributed by atoms with Gasteiger partial charge in [0.15, 0.2) is 0 Å². The fraction of sp³-hybridized carbons (Fsp3) is 0.786. The summed E-state index contributed by atoms with van der Waals surface area (Å²) in [5.74, 6) is 0.299. The Balaban J connectivity index is 1.79. The summed E-state index contributed by atoms with van der Waals surface area (Å²) >= 11 is 5.84. The molecule has 1 unspecified atom stereocenters. The van der Waals surface area contributed by atoms with Crippen LogP contribution in [0.2, 0.25) is 0 Å². The van der Waals surface area contributed by atoms with Crippen molar-refractivity contribution in [2.45, 2.75) is 25.8 Å². The molecule has 108 valence electrons. The van der Waals surface area contributed by atoms with Crippen LogP contribution in [-0.4, -0.2) is 72.5 Å². The van der Waals surface area contributed by atoms with Gasteiger partial charge in [0.25, 0.3) is 0 Å². The average Bonchev–Trinajstić information content (AvgIpc) is 2.91. The second-order valence-corrected chi connectivity index (χ2v) is 6.07. The molecule has 4 nitrogen and oxygen atoms in total. The van der Waals surface area contributed by atoms with E-state index >= 15 is 0 Å². The first kappa shape index (κ1) is 14.8. The molecular formula is C14H24ClN3O. The van der Waals surface area contributed by atoms with Crippen molar-refractivity contribution in [1.29, 1.82) is 0 Å². The second kappa shape index (κ2) is 6.73. The van der Waals surface area contributed by atoms with Gasteiger partial charge in [0.2, 0.25) is 5.91 Å². The van der Waals surface area contributed by atoms with Crippen LogP contribution in [0.3, 0.4) is 0 Å². The van der Waals surface area contributed by atoms with Crippen LogP contribution in [0.4, 0.5) is 0 Å². The van der Waals surface area contributed by atoms with Crippen LogP contribution < -0.4 is 0 Å². The van der Waals surface area contributed by atoms with E-state index in [1.54, 1.807) is 0 Å². The summed E-state index contributed by atoms with van der Waals surface area (Å²) in [7, 11) is 0. The van der Waals surface area contributed by atoms with E-state index in [0.717, 1.165) is 58.7 Å². The number of hydrogen-bond acceptors (Lipinski definition) is 3. The van der Waals surface area contributed by atoms with Gasteiger partial charge in [-0.25, -0.2) is 0 Å². The fourth-order valence-electron chi connectivity index (χ4n) is 2.91. The standard InChI is InChI=1S/C14H24ClN3O/c1-12(15)11-16-7-9-17(10-8-16)13(2)14(19)18-5-3-4-6-18/h13H,1,3-11H2,2H3. The highest BCUT2D eigenvalue weighted by atomic mass is 35.5. The molecule has 2 fully saturated rings. The van der Waals surface area contributed by atoms with Crippen molar-refractivity contribution in [3.8, 4) is 0 Å². The smallest absolute Gasteiger partial charge is 0.239 e. The number of amides is 1. The minimum Gasteiger partial charge on any atom is -0.341 e. The molecule has 0 spiro atoms. The Morgan fingerprint density at radius 3 is 2.26 bits per heavy atom. The summed E-state index contributed by atoms with van der Waals surface area (Å²) < 4.78 is 0. The number of carbonyl (C=O) groups excluding carboxylic acids is 1. The molecule has 1 amide bonds. The molecule has 0 aliphatic carbocycles. The zero-order valence-corrected chi connectivity index (χ0v) is 12.5. The van der Waals surface area contributed by atoms with Gasteiger partial charge in [0.1, 0.15) is 0 Å². The van der Waals surface area contributed by atoms with E-state index in [4.69, 9.17) is 11.6 Å². The molecule has 19 heavy (non-hydrogen) atoms. The lowest BCUT2D eigenvalue weighted by molar-refractivity contribution is -0.136. The number of carbonyl (C=O) groups is 1. The first-order valence-corrected chi connectivity index (χ1v) is 7.54. The van der Waals surface area contributed by atoms with Crippen LogP contribution in [0.25, 0.3) is 0 Å². The maximum absolute atomic E-state index is 12.3. The Hall–Kier alpha value is -0.580. The van der Waals surface area contributed by atoms with Gasteiger partial charge >= 0.3 is 0 Å². The number of likely N-dealkylation sites (tertiary alicyclic amines) is 1. The first-order chi connectivity index (χ1) is 9.08. The molecule has 0 bridgehead atoms. The van der Waals surface area contributed by atoms with E-state index in [9.17, 15) is 4.79 Å². The normalized spacial score (nSPS) is 23.6. The molecule has 0 aromatic carbocycles. The number of piperazine rings is 1. The van der Waals surface area contributed by atoms with Crippen molar-refractivity contribution in [2.24, 2.45) is 0 Å².